The van der Waals surface area contributed by atoms with Gasteiger partial charge in [-0.05, 0) is 31.5 Å². The number of ether oxygens (including phenoxy) is 1. The van der Waals surface area contributed by atoms with Gasteiger partial charge in [-0.3, -0.25) is 0 Å². The van der Waals surface area contributed by atoms with Crippen LogP contribution in [0, 0.1) is 0 Å². The first-order valence-electron chi connectivity index (χ1n) is 5.29. The van der Waals surface area contributed by atoms with Gasteiger partial charge in [-0.25, -0.2) is 0 Å². The first kappa shape index (κ1) is 10.5. The van der Waals surface area contributed by atoms with E-state index in [0.717, 1.165) is 29.7 Å². The molecule has 82 valence electrons. The van der Waals surface area contributed by atoms with Gasteiger partial charge in [0.05, 0.1) is 13.2 Å². The van der Waals surface area contributed by atoms with Crippen molar-refractivity contribution in [3.63, 3.8) is 0 Å². The zero-order valence-corrected chi connectivity index (χ0v) is 9.16. The second kappa shape index (κ2) is 4.21. The maximum atomic E-state index is 10.1. The maximum Gasteiger partial charge on any atom is 0.122 e. The molecule has 0 radical (unpaired) electrons. The van der Waals surface area contributed by atoms with Gasteiger partial charge in [0, 0.05) is 11.6 Å². The normalized spacial score (nSPS) is 24.7. The number of hydrogen-bond donors (Lipinski definition) is 2. The average molecular weight is 207 g/mol. The van der Waals surface area contributed by atoms with Crippen molar-refractivity contribution in [3.8, 4) is 5.75 Å². The third kappa shape index (κ3) is 1.73. The van der Waals surface area contributed by atoms with Crippen LogP contribution < -0.4 is 10.1 Å². The van der Waals surface area contributed by atoms with Crippen LogP contribution in [0.4, 0.5) is 0 Å². The zero-order chi connectivity index (χ0) is 10.8. The second-order valence-corrected chi connectivity index (χ2v) is 3.91. The van der Waals surface area contributed by atoms with Gasteiger partial charge in [0.2, 0.25) is 0 Å². The van der Waals surface area contributed by atoms with Crippen LogP contribution >= 0.6 is 0 Å². The Morgan fingerprint density at radius 2 is 2.27 bits per heavy atom. The Labute approximate surface area is 90.1 Å². The van der Waals surface area contributed by atoms with Gasteiger partial charge in [0.15, 0.2) is 0 Å². The Bertz CT molecular complexity index is 351. The molecule has 2 N–H and O–H groups in total. The van der Waals surface area contributed by atoms with E-state index in [2.05, 4.69) is 5.32 Å². The summed E-state index contributed by atoms with van der Waals surface area (Å²) in [5.41, 5.74) is 2.15. The van der Waals surface area contributed by atoms with E-state index >= 15 is 0 Å². The highest BCUT2D eigenvalue weighted by atomic mass is 16.5. The van der Waals surface area contributed by atoms with E-state index in [1.165, 1.54) is 0 Å². The van der Waals surface area contributed by atoms with Crippen molar-refractivity contribution in [2.24, 2.45) is 0 Å². The molecule has 0 amide bonds. The van der Waals surface area contributed by atoms with Crippen LogP contribution in [-0.4, -0.2) is 25.3 Å². The maximum absolute atomic E-state index is 10.1. The lowest BCUT2D eigenvalue weighted by Gasteiger charge is -2.30. The Kier molecular flexibility index (Phi) is 2.93. The number of hydrogen-bond acceptors (Lipinski definition) is 3. The lowest BCUT2D eigenvalue weighted by Crippen LogP contribution is -2.36. The van der Waals surface area contributed by atoms with Crippen LogP contribution in [0.3, 0.4) is 0 Å². The van der Waals surface area contributed by atoms with E-state index in [9.17, 15) is 5.11 Å². The SMILES string of the molecule is CNC1CCc2c(OC)cccc2C1O. The summed E-state index contributed by atoms with van der Waals surface area (Å²) < 4.78 is 5.30. The van der Waals surface area contributed by atoms with Crippen LogP contribution in [0.1, 0.15) is 23.7 Å². The lowest BCUT2D eigenvalue weighted by atomic mass is 9.85. The third-order valence-electron chi connectivity index (χ3n) is 3.17. The number of likely N-dealkylation sites (N-methyl/N-ethyl adjacent to an activating group) is 1. The number of methoxy groups -OCH3 is 1. The number of benzene rings is 1. The minimum Gasteiger partial charge on any atom is -0.496 e. The minimum absolute atomic E-state index is 0.157. The highest BCUT2D eigenvalue weighted by Gasteiger charge is 2.28. The molecule has 0 aromatic heterocycles. The van der Waals surface area contributed by atoms with E-state index < -0.39 is 6.10 Å². The minimum atomic E-state index is -0.422. The molecule has 1 aliphatic carbocycles. The van der Waals surface area contributed by atoms with Gasteiger partial charge in [-0.15, -0.1) is 0 Å². The molecule has 1 aliphatic rings. The summed E-state index contributed by atoms with van der Waals surface area (Å²) in [5, 5.41) is 13.3. The number of fused-ring (bicyclic) bond motifs is 1. The molecule has 1 aromatic carbocycles. The summed E-state index contributed by atoms with van der Waals surface area (Å²) in [6, 6.07) is 6.01. The van der Waals surface area contributed by atoms with Crippen molar-refractivity contribution in [2.45, 2.75) is 25.0 Å². The molecule has 1 aromatic rings. The monoisotopic (exact) mass is 207 g/mol. The quantitative estimate of drug-likeness (QED) is 0.767. The predicted molar refractivity (Wildman–Crippen MR) is 59.1 cm³/mol. The Hall–Kier alpha value is -1.06. The third-order valence-corrected chi connectivity index (χ3v) is 3.17. The largest absolute Gasteiger partial charge is 0.496 e. The lowest BCUT2D eigenvalue weighted by molar-refractivity contribution is 0.118. The summed E-state index contributed by atoms with van der Waals surface area (Å²) in [5.74, 6) is 0.890. The molecule has 0 saturated carbocycles. The molecule has 15 heavy (non-hydrogen) atoms. The van der Waals surface area contributed by atoms with Crippen LogP contribution in [0.15, 0.2) is 18.2 Å². The highest BCUT2D eigenvalue weighted by Crippen LogP contribution is 2.35. The fourth-order valence-corrected chi connectivity index (χ4v) is 2.30. The van der Waals surface area contributed by atoms with Crippen molar-refractivity contribution in [1.82, 2.24) is 5.32 Å². The molecule has 0 heterocycles. The van der Waals surface area contributed by atoms with Gasteiger partial charge in [-0.2, -0.15) is 0 Å². The first-order valence-corrected chi connectivity index (χ1v) is 5.29. The van der Waals surface area contributed by atoms with Gasteiger partial charge in [-0.1, -0.05) is 12.1 Å². The number of nitrogens with one attached hydrogen (secondary N) is 1. The number of aliphatic hydroxyl groups is 1. The van der Waals surface area contributed by atoms with Crippen molar-refractivity contribution in [3.05, 3.63) is 29.3 Å². The number of aliphatic hydroxyl groups excluding tert-OH is 1. The van der Waals surface area contributed by atoms with E-state index in [0.29, 0.717) is 0 Å². The molecule has 0 saturated heterocycles. The summed E-state index contributed by atoms with van der Waals surface area (Å²) in [4.78, 5) is 0. The number of rotatable bonds is 2. The molecule has 2 atom stereocenters. The molecule has 3 heteroatoms. The molecule has 0 fully saturated rings. The molecule has 0 bridgehead atoms. The Balaban J connectivity index is 2.40. The molecule has 3 nitrogen and oxygen atoms in total. The summed E-state index contributed by atoms with van der Waals surface area (Å²) >= 11 is 0. The van der Waals surface area contributed by atoms with E-state index in [1.54, 1.807) is 7.11 Å². The zero-order valence-electron chi connectivity index (χ0n) is 9.16. The summed E-state index contributed by atoms with van der Waals surface area (Å²) in [7, 11) is 3.56. The topological polar surface area (TPSA) is 41.5 Å². The first-order chi connectivity index (χ1) is 7.27. The van der Waals surface area contributed by atoms with Gasteiger partial charge >= 0.3 is 0 Å². The van der Waals surface area contributed by atoms with Crippen LogP contribution in [0.25, 0.3) is 0 Å². The molecule has 2 rings (SSSR count). The second-order valence-electron chi connectivity index (χ2n) is 3.91. The predicted octanol–water partition coefficient (Wildman–Crippen LogP) is 1.26. The van der Waals surface area contributed by atoms with E-state index in [4.69, 9.17) is 4.74 Å². The van der Waals surface area contributed by atoms with Gasteiger partial charge in [0.25, 0.3) is 0 Å². The molecule has 0 spiro atoms. The highest BCUT2D eigenvalue weighted by molar-refractivity contribution is 5.43. The van der Waals surface area contributed by atoms with E-state index in [-0.39, 0.29) is 6.04 Å². The average Bonchev–Trinajstić information content (AvgIpc) is 2.29. The molecule has 2 unspecified atom stereocenters. The van der Waals surface area contributed by atoms with Gasteiger partial charge < -0.3 is 15.2 Å². The summed E-state index contributed by atoms with van der Waals surface area (Å²) in [6.07, 6.45) is 1.49. The fourth-order valence-electron chi connectivity index (χ4n) is 2.30. The molecular formula is C12H17NO2. The smallest absolute Gasteiger partial charge is 0.122 e. The van der Waals surface area contributed by atoms with Crippen LogP contribution in [0.5, 0.6) is 5.75 Å². The van der Waals surface area contributed by atoms with Crippen molar-refractivity contribution < 1.29 is 9.84 Å². The van der Waals surface area contributed by atoms with Crippen LogP contribution in [0.2, 0.25) is 0 Å². The van der Waals surface area contributed by atoms with Crippen molar-refractivity contribution in [1.29, 1.82) is 0 Å². The molecular weight excluding hydrogens is 190 g/mol. The summed E-state index contributed by atoms with van der Waals surface area (Å²) in [6.45, 7) is 0. The van der Waals surface area contributed by atoms with Gasteiger partial charge in [0.1, 0.15) is 5.75 Å². The van der Waals surface area contributed by atoms with E-state index in [1.807, 2.05) is 25.2 Å². The van der Waals surface area contributed by atoms with Crippen LogP contribution in [-0.2, 0) is 6.42 Å². The molecule has 0 aliphatic heterocycles. The Morgan fingerprint density at radius 1 is 1.47 bits per heavy atom. The van der Waals surface area contributed by atoms with Crippen molar-refractivity contribution in [2.75, 3.05) is 14.2 Å². The Morgan fingerprint density at radius 3 is 2.93 bits per heavy atom. The fraction of sp³-hybridized carbons (Fsp3) is 0.500. The van der Waals surface area contributed by atoms with Crippen molar-refractivity contribution >= 4 is 0 Å². The standard InChI is InChI=1S/C12H17NO2/c1-13-10-7-6-8-9(12(10)14)4-3-5-11(8)15-2/h3-5,10,12-14H,6-7H2,1-2H3.